The molecule has 0 heterocycles. The molecule has 0 fully saturated rings. The van der Waals surface area contributed by atoms with Crippen molar-refractivity contribution in [3.8, 4) is 0 Å². The maximum absolute atomic E-state index is 8.52. The zero-order valence-corrected chi connectivity index (χ0v) is 19.6. The first kappa shape index (κ1) is 64.7. The van der Waals surface area contributed by atoms with Gasteiger partial charge in [0.15, 0.2) is 0 Å². The van der Waals surface area contributed by atoms with Gasteiger partial charge in [0.25, 0.3) is 0 Å². The van der Waals surface area contributed by atoms with Crippen LogP contribution in [0, 0.1) is 82.6 Å². The Morgan fingerprint density at radius 3 is 0.364 bits per heavy atom. The van der Waals surface area contributed by atoms with Gasteiger partial charge in [-0.15, -0.1) is 0 Å². The van der Waals surface area contributed by atoms with Crippen molar-refractivity contribution < 1.29 is 163 Å². The zero-order valence-electron chi connectivity index (χ0n) is 9.78. The summed E-state index contributed by atoms with van der Waals surface area (Å²) >= 11 is 0. The Kier molecular flexibility index (Phi) is 82.2. The van der Waals surface area contributed by atoms with Gasteiger partial charge < -0.3 is 54.7 Å². The average molecular weight is 660 g/mol. The van der Waals surface area contributed by atoms with Crippen LogP contribution in [0.2, 0.25) is 0 Å². The molecule has 0 saturated heterocycles. The summed E-state index contributed by atoms with van der Waals surface area (Å²) in [6.45, 7) is 0. The van der Waals surface area contributed by atoms with Crippen LogP contribution in [0.15, 0.2) is 0 Å². The maximum atomic E-state index is 8.52. The van der Waals surface area contributed by atoms with Crippen LogP contribution in [0.25, 0.3) is 0 Å². The van der Waals surface area contributed by atoms with Crippen molar-refractivity contribution in [3.05, 3.63) is 0 Å². The first-order valence-corrected chi connectivity index (χ1v) is 6.00. The Balaban J connectivity index is -0.0000000106. The Morgan fingerprint density at radius 1 is 0.364 bits per heavy atom. The van der Waals surface area contributed by atoms with E-state index in [0.717, 1.165) is 0 Å². The number of rotatable bonds is 0. The molecule has 0 amide bonds. The molecule has 0 radical (unpaired) electrons. The van der Waals surface area contributed by atoms with Crippen LogP contribution in [0.5, 0.6) is 0 Å². The van der Waals surface area contributed by atoms with Gasteiger partial charge in [-0.05, 0) is 0 Å². The largest absolute Gasteiger partial charge is 3.00 e. The van der Waals surface area contributed by atoms with Gasteiger partial charge in [0.1, 0.15) is 0 Å². The number of hydrogen-bond donors (Lipinski definition) is 0. The molecule has 0 atom stereocenters. The van der Waals surface area contributed by atoms with Gasteiger partial charge in [-0.2, -0.15) is 0 Å². The minimum atomic E-state index is -5.17. The van der Waals surface area contributed by atoms with Crippen LogP contribution in [-0.4, -0.2) is 80.0 Å². The van der Waals surface area contributed by atoms with E-state index in [0.29, 0.717) is 0 Å². The van der Waals surface area contributed by atoms with Gasteiger partial charge in [-0.1, -0.05) is 0 Å². The molecule has 0 aliphatic carbocycles. The molecule has 0 aliphatic rings. The van der Waals surface area contributed by atoms with Crippen molar-refractivity contribution in [1.29, 1.82) is 0 Å². The molecule has 22 heteroatoms. The summed E-state index contributed by atoms with van der Waals surface area (Å²) in [5.41, 5.74) is 0. The fourth-order valence-electron chi connectivity index (χ4n) is 0. The Labute approximate surface area is 191 Å². The molecule has 0 saturated carbocycles. The van der Waals surface area contributed by atoms with E-state index in [4.69, 9.17) is 52.6 Å². The average Bonchev–Trinajstić information content (AvgIpc) is 1.41. The smallest absolute Gasteiger partial charge is 0.759 e. The third-order valence-corrected chi connectivity index (χ3v) is 0. The van der Waals surface area contributed by atoms with Crippen molar-refractivity contribution in [2.45, 2.75) is 0 Å². The molecule has 0 unspecified atom stereocenters. The second-order valence-electron chi connectivity index (χ2n) is 1.22. The van der Waals surface area contributed by atoms with E-state index in [1.807, 2.05) is 0 Å². The standard InChI is InChI=1S/3H2O4S.5H2O.2Pr/c3*1-5(2,3)4;;;;;;;/h3*(H2,1,2,3,4);5*1H2;;/q;;;;;;;;2*+3/p-6. The number of hydrogen-bond acceptors (Lipinski definition) is 12. The van der Waals surface area contributed by atoms with Crippen molar-refractivity contribution in [2.75, 3.05) is 0 Å². The van der Waals surface area contributed by atoms with Gasteiger partial charge in [0.2, 0.25) is 0 Å². The van der Waals surface area contributed by atoms with Crippen LogP contribution in [0.1, 0.15) is 0 Å². The molecule has 136 valence electrons. The molecule has 0 aliphatic heterocycles. The first-order chi connectivity index (χ1) is 6.00. The zero-order chi connectivity index (χ0) is 13.5. The van der Waals surface area contributed by atoms with E-state index < -0.39 is 31.2 Å². The molecule has 22 heavy (non-hydrogen) atoms. The summed E-state index contributed by atoms with van der Waals surface area (Å²) in [6.07, 6.45) is 0. The molecule has 0 rings (SSSR count). The molecule has 17 nitrogen and oxygen atoms in total. The van der Waals surface area contributed by atoms with E-state index >= 15 is 0 Å². The predicted octanol–water partition coefficient (Wildman–Crippen LogP) is -8.14. The molecular formula is H10O17Pr2S3. The Morgan fingerprint density at radius 2 is 0.364 bits per heavy atom. The van der Waals surface area contributed by atoms with Crippen LogP contribution in [-0.2, 0) is 31.2 Å². The summed E-state index contributed by atoms with van der Waals surface area (Å²) in [5.74, 6) is 0. The second kappa shape index (κ2) is 28.0. The van der Waals surface area contributed by atoms with Crippen LogP contribution >= 0.6 is 0 Å². The van der Waals surface area contributed by atoms with Gasteiger partial charge in [-0.3, -0.25) is 25.3 Å². The van der Waals surface area contributed by atoms with Gasteiger partial charge in [0, 0.05) is 31.2 Å². The van der Waals surface area contributed by atoms with Crippen molar-refractivity contribution in [2.24, 2.45) is 0 Å². The fraction of sp³-hybridized carbons (Fsp3) is 0. The minimum Gasteiger partial charge on any atom is -0.759 e. The van der Waals surface area contributed by atoms with E-state index in [1.54, 1.807) is 0 Å². The molecular weight excluding hydrogens is 650 g/mol. The van der Waals surface area contributed by atoms with Crippen molar-refractivity contribution in [3.63, 3.8) is 0 Å². The summed E-state index contributed by atoms with van der Waals surface area (Å²) in [7, 11) is -15.5. The summed E-state index contributed by atoms with van der Waals surface area (Å²) in [4.78, 5) is 0. The third kappa shape index (κ3) is 2170. The Bertz CT molecular complexity index is 343. The molecule has 0 aromatic carbocycles. The van der Waals surface area contributed by atoms with E-state index in [2.05, 4.69) is 0 Å². The van der Waals surface area contributed by atoms with E-state index in [-0.39, 0.29) is 110 Å². The molecule has 0 aromatic heterocycles. The van der Waals surface area contributed by atoms with Crippen molar-refractivity contribution >= 4 is 31.2 Å². The van der Waals surface area contributed by atoms with Crippen LogP contribution in [0.3, 0.4) is 0 Å². The van der Waals surface area contributed by atoms with Crippen molar-refractivity contribution in [1.82, 2.24) is 0 Å². The van der Waals surface area contributed by atoms with E-state index in [1.165, 1.54) is 0 Å². The van der Waals surface area contributed by atoms with Gasteiger partial charge >= 0.3 is 82.6 Å². The second-order valence-corrected chi connectivity index (χ2v) is 3.67. The quantitative estimate of drug-likeness (QED) is 0.173. The Hall–Kier alpha value is 2.14. The first-order valence-electron chi connectivity index (χ1n) is 2.00. The molecule has 0 bridgehead atoms. The SMILES string of the molecule is O.O.O.O.O.O=S(=O)([O-])[O-].O=S(=O)([O-])[O-].O=S(=O)([O-])[O-].[Pr+3].[Pr+3]. The predicted molar refractivity (Wildman–Crippen MR) is 49.5 cm³/mol. The normalized spacial score (nSPS) is 7.91. The maximum Gasteiger partial charge on any atom is 3.00 e. The summed E-state index contributed by atoms with van der Waals surface area (Å²) < 4.78 is 102. The summed E-state index contributed by atoms with van der Waals surface area (Å²) in [6, 6.07) is 0. The minimum absolute atomic E-state index is 0. The van der Waals surface area contributed by atoms with Gasteiger partial charge in [0.05, 0.1) is 0 Å². The van der Waals surface area contributed by atoms with E-state index in [9.17, 15) is 0 Å². The topological polar surface area (TPSA) is 398 Å². The third-order valence-electron chi connectivity index (χ3n) is 0. The van der Waals surface area contributed by atoms with Crippen LogP contribution < -0.4 is 0 Å². The summed E-state index contributed by atoms with van der Waals surface area (Å²) in [5, 5.41) is 0. The molecule has 10 N–H and O–H groups in total. The fourth-order valence-corrected chi connectivity index (χ4v) is 0. The monoisotopic (exact) mass is 660 g/mol. The van der Waals surface area contributed by atoms with Crippen LogP contribution in [0.4, 0.5) is 0 Å². The molecule has 0 spiro atoms. The van der Waals surface area contributed by atoms with Gasteiger partial charge in [-0.25, -0.2) is 0 Å². The molecule has 0 aromatic rings.